The fourth-order valence-electron chi connectivity index (χ4n) is 3.21. The Balaban J connectivity index is 1.83. The Morgan fingerprint density at radius 1 is 1.38 bits per heavy atom. The first-order valence-corrected chi connectivity index (χ1v) is 7.93. The maximum absolute atomic E-state index is 12.6. The zero-order valence-corrected chi connectivity index (χ0v) is 12.8. The molecule has 2 aliphatic rings. The van der Waals surface area contributed by atoms with Gasteiger partial charge in [0.15, 0.2) is 0 Å². The summed E-state index contributed by atoms with van der Waals surface area (Å²) < 4.78 is 5.31. The molecule has 1 aliphatic carbocycles. The van der Waals surface area contributed by atoms with E-state index in [1.54, 1.807) is 7.11 Å². The van der Waals surface area contributed by atoms with Crippen LogP contribution in [-0.4, -0.2) is 30.5 Å². The van der Waals surface area contributed by atoms with Gasteiger partial charge >= 0.3 is 0 Å². The van der Waals surface area contributed by atoms with E-state index in [-0.39, 0.29) is 18.1 Å². The predicted molar refractivity (Wildman–Crippen MR) is 82.0 cm³/mol. The van der Waals surface area contributed by atoms with Gasteiger partial charge in [-0.3, -0.25) is 10.1 Å². The number of rotatable bonds is 5. The van der Waals surface area contributed by atoms with Crippen LogP contribution in [0.4, 0.5) is 0 Å². The van der Waals surface area contributed by atoms with Gasteiger partial charge in [-0.2, -0.15) is 0 Å². The average Bonchev–Trinajstić information content (AvgIpc) is 2.79. The van der Waals surface area contributed by atoms with E-state index in [2.05, 4.69) is 18.3 Å². The van der Waals surface area contributed by atoms with E-state index in [4.69, 9.17) is 4.74 Å². The zero-order valence-electron chi connectivity index (χ0n) is 12.8. The molecule has 1 N–H and O–H groups in total. The fraction of sp³-hybridized carbons (Fsp3) is 0.588. The van der Waals surface area contributed by atoms with Crippen molar-refractivity contribution < 1.29 is 9.53 Å². The van der Waals surface area contributed by atoms with E-state index in [0.717, 1.165) is 24.3 Å². The first kappa shape index (κ1) is 14.4. The number of nitrogens with zero attached hydrogens (tertiary/aromatic N) is 1. The number of hydrogen-bond donors (Lipinski definition) is 1. The molecule has 4 heteroatoms. The monoisotopic (exact) mass is 288 g/mol. The van der Waals surface area contributed by atoms with Crippen molar-refractivity contribution in [1.82, 2.24) is 10.2 Å². The molecule has 4 nitrogen and oxygen atoms in total. The standard InChI is InChI=1S/C17H24N2O2/c1-3-15-17(20)19(11-12-6-4-7-12)16(18-15)13-8-5-9-14(10-13)21-2/h5,8-10,12,15-16,18H,3-4,6-7,11H2,1-2H3. The van der Waals surface area contributed by atoms with Crippen molar-refractivity contribution in [2.75, 3.05) is 13.7 Å². The smallest absolute Gasteiger partial charge is 0.241 e. The van der Waals surface area contributed by atoms with Gasteiger partial charge in [0, 0.05) is 6.54 Å². The van der Waals surface area contributed by atoms with E-state index in [1.165, 1.54) is 19.3 Å². The van der Waals surface area contributed by atoms with Crippen LogP contribution in [-0.2, 0) is 4.79 Å². The highest BCUT2D eigenvalue weighted by molar-refractivity contribution is 5.84. The zero-order chi connectivity index (χ0) is 14.8. The van der Waals surface area contributed by atoms with Crippen LogP contribution in [0.15, 0.2) is 24.3 Å². The Bertz CT molecular complexity index is 513. The lowest BCUT2D eigenvalue weighted by molar-refractivity contribution is -0.131. The number of carbonyl (C=O) groups is 1. The van der Waals surface area contributed by atoms with Gasteiger partial charge in [0.25, 0.3) is 0 Å². The van der Waals surface area contributed by atoms with Gasteiger partial charge in [-0.25, -0.2) is 0 Å². The summed E-state index contributed by atoms with van der Waals surface area (Å²) in [7, 11) is 1.67. The number of carbonyl (C=O) groups excluding carboxylic acids is 1. The van der Waals surface area contributed by atoms with Crippen LogP contribution in [0.5, 0.6) is 5.75 Å². The summed E-state index contributed by atoms with van der Waals surface area (Å²) in [5, 5.41) is 3.48. The highest BCUT2D eigenvalue weighted by atomic mass is 16.5. The Morgan fingerprint density at radius 3 is 2.81 bits per heavy atom. The molecule has 1 saturated carbocycles. The molecule has 2 atom stereocenters. The highest BCUT2D eigenvalue weighted by Gasteiger charge is 2.40. The quantitative estimate of drug-likeness (QED) is 0.906. The first-order chi connectivity index (χ1) is 10.2. The van der Waals surface area contributed by atoms with Crippen LogP contribution >= 0.6 is 0 Å². The van der Waals surface area contributed by atoms with Crippen molar-refractivity contribution in [3.05, 3.63) is 29.8 Å². The van der Waals surface area contributed by atoms with E-state index < -0.39 is 0 Å². The Labute approximate surface area is 126 Å². The average molecular weight is 288 g/mol. The summed E-state index contributed by atoms with van der Waals surface area (Å²) in [6, 6.07) is 7.96. The lowest BCUT2D eigenvalue weighted by Gasteiger charge is -2.33. The van der Waals surface area contributed by atoms with Gasteiger partial charge in [0.2, 0.25) is 5.91 Å². The van der Waals surface area contributed by atoms with E-state index in [1.807, 2.05) is 23.1 Å². The summed E-state index contributed by atoms with van der Waals surface area (Å²) in [5.41, 5.74) is 1.11. The van der Waals surface area contributed by atoms with Crippen LogP contribution in [0.2, 0.25) is 0 Å². The third-order valence-corrected chi connectivity index (χ3v) is 4.75. The SMILES string of the molecule is CCC1NC(c2cccc(OC)c2)N(CC2CCC2)C1=O. The molecule has 21 heavy (non-hydrogen) atoms. The molecule has 1 amide bonds. The van der Waals surface area contributed by atoms with Crippen LogP contribution in [0.1, 0.15) is 44.3 Å². The van der Waals surface area contributed by atoms with Gasteiger partial charge in [-0.1, -0.05) is 25.5 Å². The van der Waals surface area contributed by atoms with Gasteiger partial charge < -0.3 is 9.64 Å². The maximum atomic E-state index is 12.6. The van der Waals surface area contributed by atoms with Gasteiger partial charge in [0.1, 0.15) is 11.9 Å². The molecular formula is C17H24N2O2. The number of methoxy groups -OCH3 is 1. The normalized spacial score (nSPS) is 26.0. The van der Waals surface area contributed by atoms with Crippen molar-refractivity contribution in [3.8, 4) is 5.75 Å². The lowest BCUT2D eigenvalue weighted by atomic mass is 9.85. The van der Waals surface area contributed by atoms with Crippen molar-refractivity contribution >= 4 is 5.91 Å². The fourth-order valence-corrected chi connectivity index (χ4v) is 3.21. The molecule has 3 rings (SSSR count). The summed E-state index contributed by atoms with van der Waals surface area (Å²) in [4.78, 5) is 14.6. The van der Waals surface area contributed by atoms with Gasteiger partial charge in [0.05, 0.1) is 13.2 Å². The second-order valence-electron chi connectivity index (χ2n) is 6.09. The first-order valence-electron chi connectivity index (χ1n) is 7.93. The Hall–Kier alpha value is -1.55. The highest BCUT2D eigenvalue weighted by Crippen LogP contribution is 2.34. The summed E-state index contributed by atoms with van der Waals surface area (Å²) in [5.74, 6) is 1.77. The molecule has 1 saturated heterocycles. The topological polar surface area (TPSA) is 41.6 Å². The van der Waals surface area contributed by atoms with Crippen LogP contribution in [0, 0.1) is 5.92 Å². The number of nitrogens with one attached hydrogen (secondary N) is 1. The Morgan fingerprint density at radius 2 is 2.19 bits per heavy atom. The second-order valence-corrected chi connectivity index (χ2v) is 6.09. The van der Waals surface area contributed by atoms with Crippen molar-refractivity contribution in [3.63, 3.8) is 0 Å². The second kappa shape index (κ2) is 6.06. The number of amides is 1. The molecule has 114 valence electrons. The van der Waals surface area contributed by atoms with Crippen LogP contribution < -0.4 is 10.1 Å². The number of hydrogen-bond acceptors (Lipinski definition) is 3. The maximum Gasteiger partial charge on any atom is 0.241 e. The number of benzene rings is 1. The summed E-state index contributed by atoms with van der Waals surface area (Å²) in [6.07, 6.45) is 4.64. The van der Waals surface area contributed by atoms with Gasteiger partial charge in [-0.15, -0.1) is 0 Å². The minimum absolute atomic E-state index is 0.0156. The largest absolute Gasteiger partial charge is 0.497 e. The minimum atomic E-state index is -0.0544. The van der Waals surface area contributed by atoms with Gasteiger partial charge in [-0.05, 0) is 42.9 Å². The van der Waals surface area contributed by atoms with Crippen LogP contribution in [0.3, 0.4) is 0 Å². The lowest BCUT2D eigenvalue weighted by Crippen LogP contribution is -2.37. The molecule has 0 radical (unpaired) electrons. The molecule has 2 unspecified atom stereocenters. The van der Waals surface area contributed by atoms with Crippen LogP contribution in [0.25, 0.3) is 0 Å². The number of ether oxygens (including phenoxy) is 1. The predicted octanol–water partition coefficient (Wildman–Crippen LogP) is 2.70. The molecule has 1 aliphatic heterocycles. The molecule has 0 spiro atoms. The molecule has 1 aromatic rings. The third kappa shape index (κ3) is 2.77. The molecule has 0 bridgehead atoms. The summed E-state index contributed by atoms with van der Waals surface area (Å²) >= 11 is 0. The van der Waals surface area contributed by atoms with E-state index in [0.29, 0.717) is 5.92 Å². The molecule has 1 aromatic carbocycles. The van der Waals surface area contributed by atoms with Crippen molar-refractivity contribution in [2.24, 2.45) is 5.92 Å². The molecular weight excluding hydrogens is 264 g/mol. The molecule has 2 fully saturated rings. The minimum Gasteiger partial charge on any atom is -0.497 e. The van der Waals surface area contributed by atoms with Crippen molar-refractivity contribution in [2.45, 2.75) is 44.8 Å². The summed E-state index contributed by atoms with van der Waals surface area (Å²) in [6.45, 7) is 2.94. The van der Waals surface area contributed by atoms with E-state index in [9.17, 15) is 4.79 Å². The Kier molecular flexibility index (Phi) is 4.15. The van der Waals surface area contributed by atoms with Crippen molar-refractivity contribution in [1.29, 1.82) is 0 Å². The third-order valence-electron chi connectivity index (χ3n) is 4.75. The molecule has 0 aromatic heterocycles. The van der Waals surface area contributed by atoms with E-state index >= 15 is 0 Å². The molecule has 1 heterocycles.